The maximum absolute atomic E-state index is 13.8. The summed E-state index contributed by atoms with van der Waals surface area (Å²) in [6.45, 7) is 1.28. The van der Waals surface area contributed by atoms with Gasteiger partial charge in [-0.25, -0.2) is 4.39 Å². The number of anilines is 1. The number of nitrogens with zero attached hydrogens (tertiary/aromatic N) is 3. The molecule has 1 saturated carbocycles. The third-order valence-electron chi connectivity index (χ3n) is 5.92. The Morgan fingerprint density at radius 2 is 1.97 bits per heavy atom. The summed E-state index contributed by atoms with van der Waals surface area (Å²) >= 11 is 0. The number of fused-ring (bicyclic) bond motifs is 2. The van der Waals surface area contributed by atoms with Gasteiger partial charge in [-0.15, -0.1) is 12.4 Å². The predicted octanol–water partition coefficient (Wildman–Crippen LogP) is 2.79. The lowest BCUT2D eigenvalue weighted by molar-refractivity contribution is 0.0638. The second-order valence-electron chi connectivity index (χ2n) is 7.84. The van der Waals surface area contributed by atoms with Gasteiger partial charge in [0.1, 0.15) is 5.56 Å². The van der Waals surface area contributed by atoms with Crippen molar-refractivity contribution in [2.24, 2.45) is 17.6 Å². The highest BCUT2D eigenvalue weighted by atomic mass is 35.5. The largest absolute Gasteiger partial charge is 0.494 e. The van der Waals surface area contributed by atoms with Gasteiger partial charge < -0.3 is 24.8 Å². The molecule has 1 amide bonds. The number of benzene rings is 1. The maximum atomic E-state index is 13.8. The molecule has 2 bridgehead atoms. The van der Waals surface area contributed by atoms with E-state index in [1.807, 2.05) is 4.90 Å². The molecule has 1 saturated heterocycles. The van der Waals surface area contributed by atoms with Crippen molar-refractivity contribution in [3.05, 3.63) is 29.6 Å². The molecule has 4 rings (SSSR count). The van der Waals surface area contributed by atoms with Crippen LogP contribution in [0, 0.1) is 17.7 Å². The molecule has 2 heterocycles. The molecule has 7 nitrogen and oxygen atoms in total. The van der Waals surface area contributed by atoms with Gasteiger partial charge in [-0.2, -0.15) is 0 Å². The van der Waals surface area contributed by atoms with Crippen molar-refractivity contribution in [1.29, 1.82) is 0 Å². The zero-order valence-electron chi connectivity index (χ0n) is 16.7. The average Bonchev–Trinajstić information content (AvgIpc) is 3.18. The van der Waals surface area contributed by atoms with Crippen LogP contribution >= 0.6 is 12.4 Å². The molecule has 2 aliphatic rings. The number of piperidine rings is 1. The van der Waals surface area contributed by atoms with Crippen LogP contribution in [0.2, 0.25) is 0 Å². The number of amides is 1. The molecule has 2 N–H and O–H groups in total. The number of ether oxygens (including phenoxy) is 1. The van der Waals surface area contributed by atoms with Crippen LogP contribution in [0.25, 0.3) is 11.3 Å². The fourth-order valence-electron chi connectivity index (χ4n) is 4.37. The number of nitrogens with two attached hydrogens (primary N) is 1. The lowest BCUT2D eigenvalue weighted by Gasteiger charge is -2.36. The number of halogens is 2. The predicted molar refractivity (Wildman–Crippen MR) is 110 cm³/mol. The highest BCUT2D eigenvalue weighted by molar-refractivity contribution is 6.04. The highest BCUT2D eigenvalue weighted by Gasteiger charge is 2.42. The molecule has 2 aromatic rings. The highest BCUT2D eigenvalue weighted by Crippen LogP contribution is 2.39. The monoisotopic (exact) mass is 424 g/mol. The smallest absolute Gasteiger partial charge is 0.261 e. The summed E-state index contributed by atoms with van der Waals surface area (Å²) in [4.78, 5) is 17.1. The summed E-state index contributed by atoms with van der Waals surface area (Å²) < 4.78 is 24.4. The van der Waals surface area contributed by atoms with E-state index in [2.05, 4.69) is 5.16 Å². The van der Waals surface area contributed by atoms with E-state index in [1.165, 1.54) is 19.2 Å². The zero-order valence-corrected chi connectivity index (χ0v) is 17.5. The van der Waals surface area contributed by atoms with Crippen molar-refractivity contribution in [3.8, 4) is 17.1 Å². The van der Waals surface area contributed by atoms with Crippen LogP contribution in [0.15, 0.2) is 22.7 Å². The number of carbonyl (C=O) groups is 1. The number of methoxy groups -OCH3 is 1. The SMILES string of the molecule is COc1cc(-c2onc(N(C)C)c2C(=O)N2C[C@H]3CC[C@@H](C2)C3N)ccc1F.Cl. The number of aromatic nitrogens is 1. The van der Waals surface area contributed by atoms with Gasteiger partial charge in [0.25, 0.3) is 5.91 Å². The van der Waals surface area contributed by atoms with Crippen LogP contribution in [0.1, 0.15) is 23.2 Å². The van der Waals surface area contributed by atoms with Crippen LogP contribution in [0.3, 0.4) is 0 Å². The third kappa shape index (κ3) is 3.67. The standard InChI is InChI=1S/C20H25FN4O3.ClH/c1-24(2)19-16(20(26)25-9-12-4-5-13(10-25)17(12)22)18(28-23-19)11-6-7-14(21)15(8-11)27-3;/h6-8,12-13,17H,4-5,9-10,22H2,1-3H3;1H/t12-,13+,17?;. The first kappa shape index (κ1) is 21.4. The lowest BCUT2D eigenvalue weighted by atomic mass is 9.92. The first-order valence-electron chi connectivity index (χ1n) is 9.46. The number of carbonyl (C=O) groups excluding carboxylic acids is 1. The van der Waals surface area contributed by atoms with Gasteiger partial charge in [0.15, 0.2) is 23.1 Å². The summed E-state index contributed by atoms with van der Waals surface area (Å²) in [5.41, 5.74) is 7.21. The van der Waals surface area contributed by atoms with Gasteiger partial charge in [0, 0.05) is 38.8 Å². The Kier molecular flexibility index (Phi) is 6.05. The second kappa shape index (κ2) is 8.20. The van der Waals surface area contributed by atoms with Crippen molar-refractivity contribution in [2.75, 3.05) is 39.2 Å². The second-order valence-corrected chi connectivity index (χ2v) is 7.84. The fraction of sp³-hybridized carbons (Fsp3) is 0.500. The van der Waals surface area contributed by atoms with E-state index in [0.29, 0.717) is 47.6 Å². The summed E-state index contributed by atoms with van der Waals surface area (Å²) in [6, 6.07) is 4.54. The molecule has 1 aromatic carbocycles. The van der Waals surface area contributed by atoms with Crippen molar-refractivity contribution >= 4 is 24.1 Å². The number of likely N-dealkylation sites (tertiary alicyclic amines) is 1. The van der Waals surface area contributed by atoms with E-state index in [-0.39, 0.29) is 30.1 Å². The average molecular weight is 425 g/mol. The summed E-state index contributed by atoms with van der Waals surface area (Å²) in [7, 11) is 5.01. The molecule has 9 heteroatoms. The van der Waals surface area contributed by atoms with Gasteiger partial charge in [-0.05, 0) is 42.9 Å². The Balaban J connectivity index is 0.00000240. The van der Waals surface area contributed by atoms with Gasteiger partial charge >= 0.3 is 0 Å². The van der Waals surface area contributed by atoms with Gasteiger partial charge in [-0.1, -0.05) is 5.16 Å². The van der Waals surface area contributed by atoms with E-state index in [0.717, 1.165) is 12.8 Å². The van der Waals surface area contributed by atoms with E-state index in [9.17, 15) is 9.18 Å². The summed E-state index contributed by atoms with van der Waals surface area (Å²) in [5, 5.41) is 4.10. The summed E-state index contributed by atoms with van der Waals surface area (Å²) in [6.07, 6.45) is 2.11. The minimum atomic E-state index is -0.479. The molecule has 29 heavy (non-hydrogen) atoms. The molecule has 2 fully saturated rings. The Bertz CT molecular complexity index is 890. The first-order chi connectivity index (χ1) is 13.4. The van der Waals surface area contributed by atoms with Crippen LogP contribution in [-0.2, 0) is 0 Å². The molecular formula is C20H26ClFN4O3. The van der Waals surface area contributed by atoms with E-state index >= 15 is 0 Å². The molecule has 0 spiro atoms. The van der Waals surface area contributed by atoms with E-state index < -0.39 is 5.82 Å². The lowest BCUT2D eigenvalue weighted by Crippen LogP contribution is -2.50. The Morgan fingerprint density at radius 3 is 2.55 bits per heavy atom. The molecule has 1 aromatic heterocycles. The van der Waals surface area contributed by atoms with Gasteiger partial charge in [0.2, 0.25) is 0 Å². The van der Waals surface area contributed by atoms with Crippen molar-refractivity contribution < 1.29 is 18.4 Å². The van der Waals surface area contributed by atoms with Crippen molar-refractivity contribution in [1.82, 2.24) is 10.1 Å². The normalized spacial score (nSPS) is 22.9. The van der Waals surface area contributed by atoms with Crippen molar-refractivity contribution in [3.63, 3.8) is 0 Å². The minimum absolute atomic E-state index is 0. The zero-order chi connectivity index (χ0) is 20.0. The molecule has 1 unspecified atom stereocenters. The molecule has 1 aliphatic carbocycles. The third-order valence-corrected chi connectivity index (χ3v) is 5.92. The number of hydrogen-bond acceptors (Lipinski definition) is 6. The minimum Gasteiger partial charge on any atom is -0.494 e. The van der Waals surface area contributed by atoms with Crippen LogP contribution < -0.4 is 15.4 Å². The molecule has 0 radical (unpaired) electrons. The van der Waals surface area contributed by atoms with Crippen LogP contribution in [0.4, 0.5) is 10.2 Å². The Morgan fingerprint density at radius 1 is 1.31 bits per heavy atom. The quantitative estimate of drug-likeness (QED) is 0.812. The maximum Gasteiger partial charge on any atom is 0.261 e. The Hall–Kier alpha value is -2.32. The molecular weight excluding hydrogens is 399 g/mol. The molecule has 158 valence electrons. The molecule has 3 atom stereocenters. The van der Waals surface area contributed by atoms with Gasteiger partial charge in [-0.3, -0.25) is 4.79 Å². The van der Waals surface area contributed by atoms with E-state index in [4.69, 9.17) is 15.0 Å². The van der Waals surface area contributed by atoms with Crippen LogP contribution in [0.5, 0.6) is 5.75 Å². The molecule has 1 aliphatic heterocycles. The first-order valence-corrected chi connectivity index (χ1v) is 9.46. The van der Waals surface area contributed by atoms with Crippen LogP contribution in [-0.4, -0.2) is 56.3 Å². The Labute approximate surface area is 175 Å². The van der Waals surface area contributed by atoms with Gasteiger partial charge in [0.05, 0.1) is 7.11 Å². The fourth-order valence-corrected chi connectivity index (χ4v) is 4.37. The summed E-state index contributed by atoms with van der Waals surface area (Å²) in [5.74, 6) is 0.903. The van der Waals surface area contributed by atoms with E-state index in [1.54, 1.807) is 25.1 Å². The topological polar surface area (TPSA) is 84.8 Å². The number of rotatable bonds is 4. The number of hydrogen-bond donors (Lipinski definition) is 1. The van der Waals surface area contributed by atoms with Crippen molar-refractivity contribution in [2.45, 2.75) is 18.9 Å².